The molecule has 0 radical (unpaired) electrons. The number of alkyl halides is 26. The van der Waals surface area contributed by atoms with Crippen molar-refractivity contribution in [2.45, 2.75) is 84.1 Å². The molecule has 0 aromatic heterocycles. The number of nitrogens with one attached hydrogen (secondary N) is 1. The SMILES string of the molecule is CN(C)CCN(CC(O)C(F)(F)C(F)(F)C(F)(F)C(F)(F)C(F)(F)C(F)(F)F)C(=S)NCSCCC(F)(F)C(F)(F)C(F)(F)C(F)(F)C(F)(F)C(F)(F)F. The van der Waals surface area contributed by atoms with Crippen LogP contribution >= 0.6 is 24.0 Å². The molecule has 0 rings (SSSR count). The van der Waals surface area contributed by atoms with Crippen LogP contribution in [-0.2, 0) is 0 Å². The molecule has 0 saturated carbocycles. The van der Waals surface area contributed by atoms with E-state index in [0.29, 0.717) is 0 Å². The highest BCUT2D eigenvalue weighted by atomic mass is 32.2. The lowest BCUT2D eigenvalue weighted by Crippen LogP contribution is -2.72. The molecule has 0 aliphatic carbocycles. The van der Waals surface area contributed by atoms with Gasteiger partial charge in [-0.15, -0.1) is 11.8 Å². The van der Waals surface area contributed by atoms with Crippen LogP contribution in [-0.4, -0.2) is 143 Å². The summed E-state index contributed by atoms with van der Waals surface area (Å²) in [4.78, 5) is 1.10. The van der Waals surface area contributed by atoms with Gasteiger partial charge in [0.15, 0.2) is 5.11 Å². The van der Waals surface area contributed by atoms with E-state index in [1.807, 2.05) is 0 Å². The van der Waals surface area contributed by atoms with Crippen molar-refractivity contribution in [3.05, 3.63) is 0 Å². The molecule has 0 fully saturated rings. The van der Waals surface area contributed by atoms with Crippen molar-refractivity contribution >= 4 is 29.1 Å². The summed E-state index contributed by atoms with van der Waals surface area (Å²) in [5.74, 6) is -80.9. The van der Waals surface area contributed by atoms with Crippen molar-refractivity contribution in [2.24, 2.45) is 0 Å². The van der Waals surface area contributed by atoms with Crippen molar-refractivity contribution in [3.63, 3.8) is 0 Å². The van der Waals surface area contributed by atoms with E-state index < -0.39 is 120 Å². The zero-order valence-electron chi connectivity index (χ0n) is 25.8. The van der Waals surface area contributed by atoms with Crippen LogP contribution in [0.4, 0.5) is 114 Å². The number of hydrogen-bond acceptors (Lipinski definition) is 4. The van der Waals surface area contributed by atoms with Gasteiger partial charge in [-0.3, -0.25) is 0 Å². The molecule has 0 aromatic carbocycles. The molecule has 0 saturated heterocycles. The Labute approximate surface area is 293 Å². The number of aliphatic hydroxyl groups is 1. The van der Waals surface area contributed by atoms with Crippen molar-refractivity contribution in [3.8, 4) is 0 Å². The fourth-order valence-corrected chi connectivity index (χ4v) is 4.48. The molecule has 0 aromatic rings. The highest BCUT2D eigenvalue weighted by Gasteiger charge is 2.92. The molecule has 0 aliphatic rings. The number of hydrogen-bond donors (Lipinski definition) is 2. The highest BCUT2D eigenvalue weighted by molar-refractivity contribution is 7.99. The van der Waals surface area contributed by atoms with Gasteiger partial charge < -0.3 is 20.2 Å². The Morgan fingerprint density at radius 3 is 1.26 bits per heavy atom. The van der Waals surface area contributed by atoms with Crippen LogP contribution < -0.4 is 5.32 Å². The smallest absolute Gasteiger partial charge is 0.385 e. The van der Waals surface area contributed by atoms with E-state index >= 15 is 0 Å². The number of aliphatic hydroxyl groups excluding tert-OH is 1. The third kappa shape index (κ3) is 8.98. The van der Waals surface area contributed by atoms with E-state index in [4.69, 9.17) is 0 Å². The summed E-state index contributed by atoms with van der Waals surface area (Å²) in [7, 11) is 2.32. The van der Waals surface area contributed by atoms with E-state index in [9.17, 15) is 119 Å². The van der Waals surface area contributed by atoms with Gasteiger partial charge in [0, 0.05) is 25.3 Å². The Bertz CT molecular complexity index is 1270. The first-order valence-electron chi connectivity index (χ1n) is 13.2. The number of rotatable bonds is 19. The first kappa shape index (κ1) is 52.1. The predicted molar refractivity (Wildman–Crippen MR) is 135 cm³/mol. The van der Waals surface area contributed by atoms with Gasteiger partial charge in [-0.25, -0.2) is 0 Å². The fraction of sp³-hybridized carbons (Fsp3) is 0.955. The second kappa shape index (κ2) is 15.8. The van der Waals surface area contributed by atoms with Gasteiger partial charge in [0.1, 0.15) is 6.10 Å². The zero-order valence-corrected chi connectivity index (χ0v) is 27.4. The van der Waals surface area contributed by atoms with Crippen LogP contribution in [0.2, 0.25) is 0 Å². The van der Waals surface area contributed by atoms with Crippen molar-refractivity contribution < 1.29 is 119 Å². The normalized spacial score (nSPS) is 16.2. The Morgan fingerprint density at radius 1 is 0.556 bits per heavy atom. The van der Waals surface area contributed by atoms with Crippen molar-refractivity contribution in [1.29, 1.82) is 0 Å². The maximum atomic E-state index is 14.4. The molecule has 1 atom stereocenters. The number of likely N-dealkylation sites (N-methyl/N-ethyl adjacent to an activating group) is 1. The summed E-state index contributed by atoms with van der Waals surface area (Å²) in [6, 6.07) is 0. The number of thiocarbonyl (C=S) groups is 1. The largest absolute Gasteiger partial charge is 0.460 e. The number of thioether (sulfide) groups is 1. The van der Waals surface area contributed by atoms with Crippen LogP contribution in [0.3, 0.4) is 0 Å². The Morgan fingerprint density at radius 2 is 0.907 bits per heavy atom. The van der Waals surface area contributed by atoms with Crippen molar-refractivity contribution in [2.75, 3.05) is 45.4 Å². The third-order valence-electron chi connectivity index (χ3n) is 6.76. The molecular formula is C22H21F26N3OS2. The molecule has 324 valence electrons. The van der Waals surface area contributed by atoms with Crippen LogP contribution in [0.15, 0.2) is 0 Å². The molecule has 0 heterocycles. The van der Waals surface area contributed by atoms with Gasteiger partial charge >= 0.3 is 71.6 Å². The standard InChI is InChI=1S/C22H21F26N3OS2/c1-50(2)4-5-51(7-9(52)12(25,26)14(29,30)16(33,34)18(37,38)20(41,42)22(46,47)48)10(53)49-8-54-6-3-11(23,24)13(27,28)15(31,32)17(35,36)19(39,40)21(43,44)45/h9,52H,3-8H2,1-2H3,(H,49,53). The summed E-state index contributed by atoms with van der Waals surface area (Å²) >= 11 is 4.30. The van der Waals surface area contributed by atoms with E-state index in [1.165, 1.54) is 0 Å². The minimum atomic E-state index is -8.31. The Hall–Kier alpha value is -1.86. The second-order valence-electron chi connectivity index (χ2n) is 11.0. The minimum Gasteiger partial charge on any atom is -0.385 e. The summed E-state index contributed by atoms with van der Waals surface area (Å²) in [5, 5.41) is 10.2. The van der Waals surface area contributed by atoms with Crippen LogP contribution in [0.1, 0.15) is 6.42 Å². The summed E-state index contributed by atoms with van der Waals surface area (Å²) in [5.41, 5.74) is 0. The number of halogens is 26. The third-order valence-corrected chi connectivity index (χ3v) is 8.00. The van der Waals surface area contributed by atoms with E-state index in [0.717, 1.165) is 19.0 Å². The van der Waals surface area contributed by atoms with Gasteiger partial charge in [-0.1, -0.05) is 0 Å². The second-order valence-corrected chi connectivity index (χ2v) is 12.5. The van der Waals surface area contributed by atoms with Gasteiger partial charge in [0.25, 0.3) is 0 Å². The van der Waals surface area contributed by atoms with E-state index in [-0.39, 0.29) is 16.7 Å². The van der Waals surface area contributed by atoms with E-state index in [2.05, 4.69) is 12.2 Å². The highest BCUT2D eigenvalue weighted by Crippen LogP contribution is 2.62. The molecule has 0 amide bonds. The maximum absolute atomic E-state index is 14.4. The summed E-state index contributed by atoms with van der Waals surface area (Å²) in [6.45, 7) is -3.67. The summed E-state index contributed by atoms with van der Waals surface area (Å²) < 4.78 is 346. The van der Waals surface area contributed by atoms with Crippen LogP contribution in [0.5, 0.6) is 0 Å². The molecular weight excluding hydrogens is 880 g/mol. The summed E-state index contributed by atoms with van der Waals surface area (Å²) in [6.07, 6.45) is -22.6. The molecule has 0 spiro atoms. The first-order chi connectivity index (χ1) is 23.3. The molecule has 2 N–H and O–H groups in total. The van der Waals surface area contributed by atoms with Gasteiger partial charge in [-0.2, -0.15) is 114 Å². The van der Waals surface area contributed by atoms with E-state index in [1.54, 1.807) is 5.32 Å². The molecule has 1 unspecified atom stereocenters. The van der Waals surface area contributed by atoms with Gasteiger partial charge in [0.05, 0.1) is 12.4 Å². The monoisotopic (exact) mass is 901 g/mol. The lowest BCUT2D eigenvalue weighted by molar-refractivity contribution is -0.444. The Balaban J connectivity index is 6.05. The average Bonchev–Trinajstić information content (AvgIpc) is 2.96. The van der Waals surface area contributed by atoms with Gasteiger partial charge in [0.2, 0.25) is 0 Å². The average molecular weight is 902 g/mol. The first-order valence-corrected chi connectivity index (χ1v) is 14.7. The molecule has 4 nitrogen and oxygen atoms in total. The van der Waals surface area contributed by atoms with Crippen LogP contribution in [0, 0.1) is 0 Å². The quantitative estimate of drug-likeness (QED) is 0.0586. The van der Waals surface area contributed by atoms with Gasteiger partial charge in [-0.05, 0) is 26.3 Å². The predicted octanol–water partition coefficient (Wildman–Crippen LogP) is 8.64. The topological polar surface area (TPSA) is 38.7 Å². The Kier molecular flexibility index (Phi) is 15.3. The molecule has 0 aliphatic heterocycles. The number of nitrogens with zero attached hydrogens (tertiary/aromatic N) is 2. The molecule has 0 bridgehead atoms. The lowest BCUT2D eigenvalue weighted by Gasteiger charge is -2.41. The molecule has 54 heavy (non-hydrogen) atoms. The van der Waals surface area contributed by atoms with Crippen molar-refractivity contribution in [1.82, 2.24) is 15.1 Å². The molecule has 32 heteroatoms. The zero-order chi connectivity index (χ0) is 44.0. The minimum absolute atomic E-state index is 0.0252. The van der Waals surface area contributed by atoms with Crippen LogP contribution in [0.25, 0.3) is 0 Å². The maximum Gasteiger partial charge on any atom is 0.460 e. The fourth-order valence-electron chi connectivity index (χ4n) is 3.37. The lowest BCUT2D eigenvalue weighted by atomic mass is 9.91.